The maximum absolute atomic E-state index is 12.4. The molecule has 3 aromatic rings. The van der Waals surface area contributed by atoms with E-state index in [-0.39, 0.29) is 12.3 Å². The lowest BCUT2D eigenvalue weighted by molar-refractivity contribution is -0.115. The fourth-order valence-corrected chi connectivity index (χ4v) is 3.76. The minimum atomic E-state index is -0.0884. The zero-order valence-corrected chi connectivity index (χ0v) is 16.6. The normalized spacial score (nSPS) is 15.8. The van der Waals surface area contributed by atoms with Crippen LogP contribution in [0.3, 0.4) is 0 Å². The highest BCUT2D eigenvalue weighted by Gasteiger charge is 2.16. The first-order chi connectivity index (χ1) is 13.6. The molecule has 5 heteroatoms. The summed E-state index contributed by atoms with van der Waals surface area (Å²) in [6.45, 7) is 7.67. The van der Waals surface area contributed by atoms with Gasteiger partial charge in [0, 0.05) is 17.6 Å². The third kappa shape index (κ3) is 4.42. The van der Waals surface area contributed by atoms with Crippen molar-refractivity contribution in [2.75, 3.05) is 18.4 Å². The molecule has 5 nitrogen and oxygen atoms in total. The van der Waals surface area contributed by atoms with Crippen molar-refractivity contribution in [3.63, 3.8) is 0 Å². The molecule has 1 aromatic heterocycles. The van der Waals surface area contributed by atoms with Crippen LogP contribution in [0.5, 0.6) is 0 Å². The second-order valence-electron chi connectivity index (χ2n) is 8.01. The number of carbonyl (C=O) groups is 1. The maximum Gasteiger partial charge on any atom is 0.230 e. The number of benzene rings is 2. The number of fused-ring (bicyclic) bond motifs is 1. The van der Waals surface area contributed by atoms with Gasteiger partial charge in [0.2, 0.25) is 5.91 Å². The van der Waals surface area contributed by atoms with Crippen molar-refractivity contribution in [1.29, 1.82) is 0 Å². The van der Waals surface area contributed by atoms with Crippen LogP contribution in [-0.4, -0.2) is 29.1 Å². The average Bonchev–Trinajstić information content (AvgIpc) is 3.07. The molecular weight excluding hydrogens is 350 g/mol. The number of hydrogen-bond donors (Lipinski definition) is 1. The van der Waals surface area contributed by atoms with Gasteiger partial charge in [0.1, 0.15) is 5.69 Å². The largest absolute Gasteiger partial charge is 0.356 e. The van der Waals surface area contributed by atoms with Crippen molar-refractivity contribution < 1.29 is 9.32 Å². The lowest BCUT2D eigenvalue weighted by atomic mass is 9.99. The van der Waals surface area contributed by atoms with E-state index >= 15 is 0 Å². The number of anilines is 1. The van der Waals surface area contributed by atoms with Gasteiger partial charge in [-0.25, -0.2) is 0 Å². The molecule has 0 saturated carbocycles. The second-order valence-corrected chi connectivity index (χ2v) is 8.01. The van der Waals surface area contributed by atoms with Crippen LogP contribution >= 0.6 is 0 Å². The molecular formula is C23H27N3O2. The van der Waals surface area contributed by atoms with Gasteiger partial charge in [-0.15, -0.1) is 0 Å². The van der Waals surface area contributed by atoms with Gasteiger partial charge in [0.05, 0.1) is 6.42 Å². The van der Waals surface area contributed by atoms with E-state index in [9.17, 15) is 4.79 Å². The van der Waals surface area contributed by atoms with Crippen LogP contribution in [0, 0.1) is 12.8 Å². The summed E-state index contributed by atoms with van der Waals surface area (Å²) in [5.74, 6) is 0.758. The predicted octanol–water partition coefficient (Wildman–Crippen LogP) is 4.55. The minimum Gasteiger partial charge on any atom is -0.356 e. The zero-order valence-electron chi connectivity index (χ0n) is 16.6. The van der Waals surface area contributed by atoms with Crippen molar-refractivity contribution in [3.8, 4) is 0 Å². The van der Waals surface area contributed by atoms with Crippen LogP contribution in [0.4, 0.5) is 5.69 Å². The Hall–Kier alpha value is -2.66. The number of amides is 1. The number of hydrogen-bond acceptors (Lipinski definition) is 4. The monoisotopic (exact) mass is 377 g/mol. The molecule has 1 aliphatic heterocycles. The van der Waals surface area contributed by atoms with Crippen molar-refractivity contribution >= 4 is 22.6 Å². The fraction of sp³-hybridized carbons (Fsp3) is 0.391. The molecule has 2 heterocycles. The Morgan fingerprint density at radius 2 is 1.93 bits per heavy atom. The van der Waals surface area contributed by atoms with E-state index in [2.05, 4.69) is 34.4 Å². The third-order valence-electron chi connectivity index (χ3n) is 5.55. The summed E-state index contributed by atoms with van der Waals surface area (Å²) in [4.78, 5) is 14.9. The SMILES string of the molecule is Cc1ccc2onc(CC(=O)Nc3ccc(CN4CCC(C)CC4)cc3)c2c1. The smallest absolute Gasteiger partial charge is 0.230 e. The zero-order chi connectivity index (χ0) is 19.5. The van der Waals surface area contributed by atoms with Gasteiger partial charge in [-0.1, -0.05) is 35.8 Å². The molecule has 0 bridgehead atoms. The van der Waals surface area contributed by atoms with Crippen LogP contribution in [0.1, 0.15) is 36.6 Å². The third-order valence-corrected chi connectivity index (χ3v) is 5.55. The van der Waals surface area contributed by atoms with Gasteiger partial charge < -0.3 is 9.84 Å². The van der Waals surface area contributed by atoms with Gasteiger partial charge in [0.25, 0.3) is 0 Å². The highest BCUT2D eigenvalue weighted by molar-refractivity contribution is 5.94. The van der Waals surface area contributed by atoms with Gasteiger partial charge in [-0.3, -0.25) is 9.69 Å². The Morgan fingerprint density at radius 1 is 1.18 bits per heavy atom. The summed E-state index contributed by atoms with van der Waals surface area (Å²) in [6, 6.07) is 14.0. The van der Waals surface area contributed by atoms with Crippen molar-refractivity contribution in [1.82, 2.24) is 10.1 Å². The Balaban J connectivity index is 1.34. The Labute approximate surface area is 165 Å². The number of carbonyl (C=O) groups excluding carboxylic acids is 1. The molecule has 1 saturated heterocycles. The number of nitrogens with one attached hydrogen (secondary N) is 1. The fourth-order valence-electron chi connectivity index (χ4n) is 3.76. The van der Waals surface area contributed by atoms with Gasteiger partial charge >= 0.3 is 0 Å². The summed E-state index contributed by atoms with van der Waals surface area (Å²) in [5, 5.41) is 7.93. The first-order valence-corrected chi connectivity index (χ1v) is 10.0. The number of likely N-dealkylation sites (tertiary alicyclic amines) is 1. The number of aromatic nitrogens is 1. The minimum absolute atomic E-state index is 0.0884. The summed E-state index contributed by atoms with van der Waals surface area (Å²) in [6.07, 6.45) is 2.76. The summed E-state index contributed by atoms with van der Waals surface area (Å²) < 4.78 is 5.31. The highest BCUT2D eigenvalue weighted by atomic mass is 16.5. The summed E-state index contributed by atoms with van der Waals surface area (Å²) >= 11 is 0. The quantitative estimate of drug-likeness (QED) is 0.709. The maximum atomic E-state index is 12.4. The molecule has 0 atom stereocenters. The average molecular weight is 377 g/mol. The molecule has 1 N–H and O–H groups in total. The van der Waals surface area contributed by atoms with Gasteiger partial charge in [-0.05, 0) is 68.6 Å². The molecule has 2 aromatic carbocycles. The molecule has 1 fully saturated rings. The van der Waals surface area contributed by atoms with E-state index in [1.807, 2.05) is 37.3 Å². The number of piperidine rings is 1. The van der Waals surface area contributed by atoms with Crippen molar-refractivity contribution in [2.24, 2.45) is 5.92 Å². The van der Waals surface area contributed by atoms with Gasteiger partial charge in [0.15, 0.2) is 5.58 Å². The van der Waals surface area contributed by atoms with Crippen molar-refractivity contribution in [3.05, 3.63) is 59.3 Å². The van der Waals surface area contributed by atoms with E-state index in [1.54, 1.807) is 0 Å². The number of aryl methyl sites for hydroxylation is 1. The standard InChI is InChI=1S/C23H27N3O2/c1-16-9-11-26(12-10-16)15-18-4-6-19(7-5-18)24-23(27)14-21-20-13-17(2)3-8-22(20)28-25-21/h3-8,13,16H,9-12,14-15H2,1-2H3,(H,24,27). The van der Waals surface area contributed by atoms with E-state index in [0.717, 1.165) is 29.1 Å². The Bertz CT molecular complexity index is 954. The van der Waals surface area contributed by atoms with Crippen LogP contribution < -0.4 is 5.32 Å². The number of rotatable bonds is 5. The van der Waals surface area contributed by atoms with Crippen LogP contribution in [-0.2, 0) is 17.8 Å². The Kier molecular flexibility index (Phi) is 5.44. The molecule has 28 heavy (non-hydrogen) atoms. The van der Waals surface area contributed by atoms with E-state index < -0.39 is 0 Å². The van der Waals surface area contributed by atoms with Crippen LogP contribution in [0.25, 0.3) is 11.0 Å². The lowest BCUT2D eigenvalue weighted by Crippen LogP contribution is -2.32. The van der Waals surface area contributed by atoms with Gasteiger partial charge in [-0.2, -0.15) is 0 Å². The lowest BCUT2D eigenvalue weighted by Gasteiger charge is -2.30. The second kappa shape index (κ2) is 8.15. The molecule has 4 rings (SSSR count). The van der Waals surface area contributed by atoms with E-state index in [4.69, 9.17) is 4.52 Å². The molecule has 0 unspecified atom stereocenters. The first-order valence-electron chi connectivity index (χ1n) is 10.0. The summed E-state index contributed by atoms with van der Waals surface area (Å²) in [5.41, 5.74) is 4.60. The first kappa shape index (κ1) is 18.7. The Morgan fingerprint density at radius 3 is 2.68 bits per heavy atom. The van der Waals surface area contributed by atoms with Crippen LogP contribution in [0.2, 0.25) is 0 Å². The molecule has 0 aliphatic carbocycles. The summed E-state index contributed by atoms with van der Waals surface area (Å²) in [7, 11) is 0. The molecule has 1 amide bonds. The molecule has 1 aliphatic rings. The molecule has 0 radical (unpaired) electrons. The predicted molar refractivity (Wildman–Crippen MR) is 111 cm³/mol. The van der Waals surface area contributed by atoms with E-state index in [1.165, 1.54) is 31.5 Å². The molecule has 146 valence electrons. The van der Waals surface area contributed by atoms with Crippen LogP contribution in [0.15, 0.2) is 47.0 Å². The molecule has 0 spiro atoms. The van der Waals surface area contributed by atoms with Crippen molar-refractivity contribution in [2.45, 2.75) is 39.7 Å². The number of nitrogens with zero attached hydrogens (tertiary/aromatic N) is 2. The topological polar surface area (TPSA) is 58.4 Å². The van der Waals surface area contributed by atoms with E-state index in [0.29, 0.717) is 11.3 Å². The highest BCUT2D eigenvalue weighted by Crippen LogP contribution is 2.21.